The quantitative estimate of drug-likeness (QED) is 0.715. The van der Waals surface area contributed by atoms with E-state index in [4.69, 9.17) is 11.6 Å². The van der Waals surface area contributed by atoms with Crippen LogP contribution in [0, 0.1) is 0 Å². The summed E-state index contributed by atoms with van der Waals surface area (Å²) in [5, 5.41) is 0.680. The van der Waals surface area contributed by atoms with Gasteiger partial charge in [0.2, 0.25) is 0 Å². The largest absolute Gasteiger partial charge is 0.338 e. The van der Waals surface area contributed by atoms with Crippen LogP contribution in [0.25, 0.3) is 28.5 Å². The van der Waals surface area contributed by atoms with Crippen LogP contribution >= 0.6 is 11.6 Å². The number of imidazole rings is 1. The summed E-state index contributed by atoms with van der Waals surface area (Å²) in [4.78, 5) is 7.82. The van der Waals surface area contributed by atoms with Gasteiger partial charge in [0.15, 0.2) is 0 Å². The summed E-state index contributed by atoms with van der Waals surface area (Å²) in [7, 11) is 0. The van der Waals surface area contributed by atoms with Crippen molar-refractivity contribution in [3.8, 4) is 11.4 Å². The van der Waals surface area contributed by atoms with E-state index in [1.54, 1.807) is 6.08 Å². The summed E-state index contributed by atoms with van der Waals surface area (Å²) in [6, 6.07) is 13.7. The Morgan fingerprint density at radius 1 is 1.17 bits per heavy atom. The lowest BCUT2D eigenvalue weighted by atomic mass is 10.1. The van der Waals surface area contributed by atoms with E-state index in [0.717, 1.165) is 28.0 Å². The molecule has 0 aliphatic carbocycles. The maximum atomic E-state index is 6.22. The van der Waals surface area contributed by atoms with Crippen molar-refractivity contribution >= 4 is 28.7 Å². The van der Waals surface area contributed by atoms with Gasteiger partial charge < -0.3 is 4.98 Å². The smallest absolute Gasteiger partial charge is 0.140 e. The highest BCUT2D eigenvalue weighted by Gasteiger charge is 2.08. The number of nitrogens with one attached hydrogen (secondary N) is 1. The van der Waals surface area contributed by atoms with Crippen molar-refractivity contribution in [2.45, 2.75) is 0 Å². The molecule has 3 rings (SSSR count). The van der Waals surface area contributed by atoms with Crippen LogP contribution in [0.3, 0.4) is 0 Å². The molecule has 0 amide bonds. The monoisotopic (exact) mass is 254 g/mol. The van der Waals surface area contributed by atoms with Crippen LogP contribution in [0.5, 0.6) is 0 Å². The molecule has 3 aromatic rings. The van der Waals surface area contributed by atoms with Gasteiger partial charge in [-0.05, 0) is 29.8 Å². The summed E-state index contributed by atoms with van der Waals surface area (Å²) in [6.45, 7) is 3.76. The lowest BCUT2D eigenvalue weighted by Gasteiger charge is -2.02. The number of para-hydroxylation sites is 2. The molecule has 0 saturated carbocycles. The van der Waals surface area contributed by atoms with Gasteiger partial charge in [-0.1, -0.05) is 42.5 Å². The number of hydrogen-bond acceptors (Lipinski definition) is 1. The summed E-state index contributed by atoms with van der Waals surface area (Å²) in [5.74, 6) is 0.782. The first-order valence-corrected chi connectivity index (χ1v) is 6.03. The molecule has 0 aliphatic rings. The van der Waals surface area contributed by atoms with Crippen molar-refractivity contribution in [3.05, 3.63) is 59.6 Å². The van der Waals surface area contributed by atoms with Crippen molar-refractivity contribution in [3.63, 3.8) is 0 Å². The highest BCUT2D eigenvalue weighted by molar-refractivity contribution is 6.33. The summed E-state index contributed by atoms with van der Waals surface area (Å²) < 4.78 is 0. The van der Waals surface area contributed by atoms with E-state index in [-0.39, 0.29) is 0 Å². The Bertz CT molecular complexity index is 695. The molecule has 0 aliphatic heterocycles. The van der Waals surface area contributed by atoms with Gasteiger partial charge in [0, 0.05) is 5.56 Å². The fourth-order valence-electron chi connectivity index (χ4n) is 1.93. The maximum absolute atomic E-state index is 6.22. The van der Waals surface area contributed by atoms with Crippen LogP contribution in [0.15, 0.2) is 49.0 Å². The van der Waals surface area contributed by atoms with E-state index < -0.39 is 0 Å². The minimum absolute atomic E-state index is 0.680. The van der Waals surface area contributed by atoms with E-state index in [0.29, 0.717) is 5.02 Å². The number of nitrogens with zero attached hydrogens (tertiary/aromatic N) is 1. The molecule has 0 spiro atoms. The first-order chi connectivity index (χ1) is 8.78. The zero-order chi connectivity index (χ0) is 12.5. The van der Waals surface area contributed by atoms with Crippen LogP contribution < -0.4 is 0 Å². The highest BCUT2D eigenvalue weighted by Crippen LogP contribution is 2.28. The molecule has 1 aromatic heterocycles. The SMILES string of the molecule is C=Cc1ccc(Cl)c(-c2nc3ccccc3[nH]2)c1. The van der Waals surface area contributed by atoms with Crippen LogP contribution in [0.4, 0.5) is 0 Å². The number of fused-ring (bicyclic) bond motifs is 1. The van der Waals surface area contributed by atoms with Gasteiger partial charge in [0.25, 0.3) is 0 Å². The second-order valence-corrected chi connectivity index (χ2v) is 4.45. The zero-order valence-corrected chi connectivity index (χ0v) is 10.4. The van der Waals surface area contributed by atoms with Crippen LogP contribution in [-0.2, 0) is 0 Å². The number of H-pyrrole nitrogens is 1. The molecule has 0 bridgehead atoms. The lowest BCUT2D eigenvalue weighted by Crippen LogP contribution is -1.83. The molecule has 1 heterocycles. The fourth-order valence-corrected chi connectivity index (χ4v) is 2.14. The predicted octanol–water partition coefficient (Wildman–Crippen LogP) is 4.53. The molecule has 3 heteroatoms. The van der Waals surface area contributed by atoms with Gasteiger partial charge in [-0.15, -0.1) is 0 Å². The topological polar surface area (TPSA) is 28.7 Å². The zero-order valence-electron chi connectivity index (χ0n) is 9.65. The number of benzene rings is 2. The third-order valence-electron chi connectivity index (χ3n) is 2.87. The van der Waals surface area contributed by atoms with Gasteiger partial charge >= 0.3 is 0 Å². The van der Waals surface area contributed by atoms with Gasteiger partial charge in [-0.3, -0.25) is 0 Å². The molecule has 0 fully saturated rings. The molecule has 1 N–H and O–H groups in total. The minimum atomic E-state index is 0.680. The van der Waals surface area contributed by atoms with Gasteiger partial charge in [-0.25, -0.2) is 4.98 Å². The van der Waals surface area contributed by atoms with Gasteiger partial charge in [0.05, 0.1) is 16.1 Å². The number of aromatic amines is 1. The van der Waals surface area contributed by atoms with Crippen molar-refractivity contribution in [2.75, 3.05) is 0 Å². The van der Waals surface area contributed by atoms with E-state index in [2.05, 4.69) is 16.5 Å². The highest BCUT2D eigenvalue weighted by atomic mass is 35.5. The Labute approximate surface area is 110 Å². The van der Waals surface area contributed by atoms with Crippen molar-refractivity contribution < 1.29 is 0 Å². The van der Waals surface area contributed by atoms with Crippen molar-refractivity contribution in [1.82, 2.24) is 9.97 Å². The van der Waals surface area contributed by atoms with Crippen molar-refractivity contribution in [2.24, 2.45) is 0 Å². The van der Waals surface area contributed by atoms with Crippen molar-refractivity contribution in [1.29, 1.82) is 0 Å². The second kappa shape index (κ2) is 4.31. The average Bonchev–Trinajstić information content (AvgIpc) is 2.82. The molecule has 2 nitrogen and oxygen atoms in total. The Hall–Kier alpha value is -2.06. The van der Waals surface area contributed by atoms with Crippen LogP contribution in [0.2, 0.25) is 5.02 Å². The number of aromatic nitrogens is 2. The standard InChI is InChI=1S/C15H11ClN2/c1-2-10-7-8-12(16)11(9-10)15-17-13-5-3-4-6-14(13)18-15/h2-9H,1H2,(H,17,18). The normalized spacial score (nSPS) is 10.7. The number of halogens is 1. The molecule has 18 heavy (non-hydrogen) atoms. The first-order valence-electron chi connectivity index (χ1n) is 5.65. The minimum Gasteiger partial charge on any atom is -0.338 e. The summed E-state index contributed by atoms with van der Waals surface area (Å²) >= 11 is 6.22. The Balaban J connectivity index is 2.21. The molecule has 0 radical (unpaired) electrons. The molecular weight excluding hydrogens is 244 g/mol. The summed E-state index contributed by atoms with van der Waals surface area (Å²) in [6.07, 6.45) is 1.79. The van der Waals surface area contributed by atoms with E-state index in [1.165, 1.54) is 0 Å². The maximum Gasteiger partial charge on any atom is 0.140 e. The lowest BCUT2D eigenvalue weighted by molar-refractivity contribution is 1.33. The fraction of sp³-hybridized carbons (Fsp3) is 0. The van der Waals surface area contributed by atoms with E-state index in [9.17, 15) is 0 Å². The second-order valence-electron chi connectivity index (χ2n) is 4.05. The molecule has 88 valence electrons. The predicted molar refractivity (Wildman–Crippen MR) is 76.6 cm³/mol. The Morgan fingerprint density at radius 3 is 2.78 bits per heavy atom. The third kappa shape index (κ3) is 1.81. The van der Waals surface area contributed by atoms with E-state index >= 15 is 0 Å². The van der Waals surface area contributed by atoms with Gasteiger partial charge in [0.1, 0.15) is 5.82 Å². The summed E-state index contributed by atoms with van der Waals surface area (Å²) in [5.41, 5.74) is 3.86. The van der Waals surface area contributed by atoms with E-state index in [1.807, 2.05) is 42.5 Å². The number of hydrogen-bond donors (Lipinski definition) is 1. The first kappa shape index (κ1) is 11.1. The van der Waals surface area contributed by atoms with Gasteiger partial charge in [-0.2, -0.15) is 0 Å². The molecule has 0 atom stereocenters. The molecule has 2 aromatic carbocycles. The molecular formula is C15H11ClN2. The molecule has 0 unspecified atom stereocenters. The average molecular weight is 255 g/mol. The van der Waals surface area contributed by atoms with Crippen LogP contribution in [0.1, 0.15) is 5.56 Å². The van der Waals surface area contributed by atoms with Crippen LogP contribution in [-0.4, -0.2) is 9.97 Å². The number of rotatable bonds is 2. The Kier molecular flexibility index (Phi) is 2.65. The Morgan fingerprint density at radius 2 is 2.00 bits per heavy atom. The third-order valence-corrected chi connectivity index (χ3v) is 3.20. The molecule has 0 saturated heterocycles.